The van der Waals surface area contributed by atoms with Crippen LogP contribution in [0.5, 0.6) is 11.5 Å². The molecule has 0 radical (unpaired) electrons. The molecule has 2 fully saturated rings. The van der Waals surface area contributed by atoms with Gasteiger partial charge in [-0.1, -0.05) is 0 Å². The first kappa shape index (κ1) is 15.2. The van der Waals surface area contributed by atoms with Gasteiger partial charge in [-0.05, 0) is 38.4 Å². The minimum absolute atomic E-state index is 0.0698. The summed E-state index contributed by atoms with van der Waals surface area (Å²) in [4.78, 5) is 14.8. The van der Waals surface area contributed by atoms with E-state index in [4.69, 9.17) is 9.47 Å². The summed E-state index contributed by atoms with van der Waals surface area (Å²) in [6, 6.07) is 3.64. The number of amides is 1. The molecule has 1 N–H and O–H groups in total. The van der Waals surface area contributed by atoms with Crippen molar-refractivity contribution >= 4 is 5.91 Å². The summed E-state index contributed by atoms with van der Waals surface area (Å²) in [5.74, 6) is 1.46. The van der Waals surface area contributed by atoms with Crippen LogP contribution in [0.4, 0.5) is 0 Å². The third-order valence-electron chi connectivity index (χ3n) is 5.06. The Labute approximate surface area is 131 Å². The maximum absolute atomic E-state index is 12.8. The van der Waals surface area contributed by atoms with E-state index in [1.165, 1.54) is 0 Å². The molecule has 0 aliphatic carbocycles. The van der Waals surface area contributed by atoms with Gasteiger partial charge in [-0.2, -0.15) is 0 Å². The van der Waals surface area contributed by atoms with Crippen molar-refractivity contribution in [1.82, 2.24) is 10.2 Å². The van der Waals surface area contributed by atoms with Gasteiger partial charge in [0.25, 0.3) is 5.91 Å². The molecule has 3 rings (SSSR count). The fourth-order valence-electron chi connectivity index (χ4n) is 3.64. The van der Waals surface area contributed by atoms with Crippen LogP contribution in [0.25, 0.3) is 0 Å². The van der Waals surface area contributed by atoms with E-state index in [1.807, 2.05) is 24.0 Å². The Morgan fingerprint density at radius 2 is 1.91 bits per heavy atom. The molecule has 120 valence electrons. The predicted molar refractivity (Wildman–Crippen MR) is 84.7 cm³/mol. The number of methoxy groups -OCH3 is 2. The molecule has 2 heterocycles. The monoisotopic (exact) mass is 304 g/mol. The minimum atomic E-state index is 0.0698. The maximum atomic E-state index is 12.8. The zero-order chi connectivity index (χ0) is 15.7. The highest BCUT2D eigenvalue weighted by Gasteiger charge is 2.42. The van der Waals surface area contributed by atoms with Crippen molar-refractivity contribution in [2.24, 2.45) is 5.41 Å². The number of carbonyl (C=O) groups excluding carboxylic acids is 1. The standard InChI is InChI=1S/C17H24N2O3/c1-12-14(21-2)8-13(9-15(12)22-3)16(20)19-7-5-17(11-19)4-6-18-10-17/h8-9,18H,4-7,10-11H2,1-3H3. The van der Waals surface area contributed by atoms with Gasteiger partial charge in [0.15, 0.2) is 0 Å². The first-order valence-corrected chi connectivity index (χ1v) is 7.81. The van der Waals surface area contributed by atoms with Crippen molar-refractivity contribution < 1.29 is 14.3 Å². The highest BCUT2D eigenvalue weighted by atomic mass is 16.5. The van der Waals surface area contributed by atoms with Gasteiger partial charge in [-0.25, -0.2) is 0 Å². The van der Waals surface area contributed by atoms with Crippen LogP contribution in [0.3, 0.4) is 0 Å². The summed E-state index contributed by atoms with van der Waals surface area (Å²) >= 11 is 0. The van der Waals surface area contributed by atoms with Gasteiger partial charge in [0.2, 0.25) is 0 Å². The van der Waals surface area contributed by atoms with Crippen molar-refractivity contribution in [3.8, 4) is 11.5 Å². The minimum Gasteiger partial charge on any atom is -0.496 e. The summed E-state index contributed by atoms with van der Waals surface area (Å²) in [6.07, 6.45) is 2.25. The number of benzene rings is 1. The normalized spacial score (nSPS) is 24.0. The van der Waals surface area contributed by atoms with E-state index >= 15 is 0 Å². The molecular formula is C17H24N2O3. The highest BCUT2D eigenvalue weighted by Crippen LogP contribution is 2.37. The van der Waals surface area contributed by atoms with Gasteiger partial charge in [0, 0.05) is 36.2 Å². The molecule has 1 aromatic rings. The van der Waals surface area contributed by atoms with Crippen LogP contribution in [0.2, 0.25) is 0 Å². The molecule has 1 amide bonds. The van der Waals surface area contributed by atoms with E-state index in [1.54, 1.807) is 14.2 Å². The Kier molecular flexibility index (Phi) is 4.00. The quantitative estimate of drug-likeness (QED) is 0.926. The summed E-state index contributed by atoms with van der Waals surface area (Å²) in [6.45, 7) is 5.70. The molecule has 0 aromatic heterocycles. The fraction of sp³-hybridized carbons (Fsp3) is 0.588. The van der Waals surface area contributed by atoms with Gasteiger partial charge < -0.3 is 19.7 Å². The molecule has 22 heavy (non-hydrogen) atoms. The average molecular weight is 304 g/mol. The van der Waals surface area contributed by atoms with Gasteiger partial charge >= 0.3 is 0 Å². The van der Waals surface area contributed by atoms with Crippen LogP contribution in [0.15, 0.2) is 12.1 Å². The lowest BCUT2D eigenvalue weighted by atomic mass is 9.86. The lowest BCUT2D eigenvalue weighted by Gasteiger charge is -2.23. The van der Waals surface area contributed by atoms with Crippen molar-refractivity contribution in [2.45, 2.75) is 19.8 Å². The molecule has 0 saturated carbocycles. The van der Waals surface area contributed by atoms with Crippen LogP contribution in [0, 0.1) is 12.3 Å². The summed E-state index contributed by atoms with van der Waals surface area (Å²) in [5.41, 5.74) is 1.84. The van der Waals surface area contributed by atoms with E-state index in [0.717, 1.165) is 44.6 Å². The number of ether oxygens (including phenoxy) is 2. The van der Waals surface area contributed by atoms with Crippen molar-refractivity contribution in [2.75, 3.05) is 40.4 Å². The predicted octanol–water partition coefficient (Wildman–Crippen LogP) is 1.84. The topological polar surface area (TPSA) is 50.8 Å². The first-order chi connectivity index (χ1) is 10.6. The van der Waals surface area contributed by atoms with E-state index in [9.17, 15) is 4.79 Å². The lowest BCUT2D eigenvalue weighted by Crippen LogP contribution is -2.33. The molecule has 2 saturated heterocycles. The second-order valence-corrected chi connectivity index (χ2v) is 6.41. The number of carbonyl (C=O) groups is 1. The van der Waals surface area contributed by atoms with E-state index < -0.39 is 0 Å². The number of rotatable bonds is 3. The van der Waals surface area contributed by atoms with E-state index in [-0.39, 0.29) is 11.3 Å². The van der Waals surface area contributed by atoms with Crippen molar-refractivity contribution in [3.63, 3.8) is 0 Å². The number of likely N-dealkylation sites (tertiary alicyclic amines) is 1. The van der Waals surface area contributed by atoms with Crippen LogP contribution in [0.1, 0.15) is 28.8 Å². The average Bonchev–Trinajstić information content (AvgIpc) is 3.17. The summed E-state index contributed by atoms with van der Waals surface area (Å²) in [7, 11) is 3.23. The van der Waals surface area contributed by atoms with E-state index in [2.05, 4.69) is 5.32 Å². The molecule has 5 heteroatoms. The lowest BCUT2D eigenvalue weighted by molar-refractivity contribution is 0.0775. The Hall–Kier alpha value is -1.75. The molecule has 1 unspecified atom stereocenters. The summed E-state index contributed by atoms with van der Waals surface area (Å²) < 4.78 is 10.7. The SMILES string of the molecule is COc1cc(C(=O)N2CCC3(CCNC3)C2)cc(OC)c1C. The smallest absolute Gasteiger partial charge is 0.254 e. The Morgan fingerprint density at radius 1 is 1.23 bits per heavy atom. The maximum Gasteiger partial charge on any atom is 0.254 e. The third kappa shape index (κ3) is 2.54. The zero-order valence-corrected chi connectivity index (χ0v) is 13.6. The number of hydrogen-bond acceptors (Lipinski definition) is 4. The molecule has 1 spiro atoms. The molecule has 5 nitrogen and oxygen atoms in total. The fourth-order valence-corrected chi connectivity index (χ4v) is 3.64. The van der Waals surface area contributed by atoms with Crippen LogP contribution >= 0.6 is 0 Å². The van der Waals surface area contributed by atoms with Crippen molar-refractivity contribution in [1.29, 1.82) is 0 Å². The largest absolute Gasteiger partial charge is 0.496 e. The van der Waals surface area contributed by atoms with Gasteiger partial charge in [-0.15, -0.1) is 0 Å². The highest BCUT2D eigenvalue weighted by molar-refractivity contribution is 5.95. The molecule has 2 aliphatic heterocycles. The molecule has 0 bridgehead atoms. The van der Waals surface area contributed by atoms with Crippen molar-refractivity contribution in [3.05, 3.63) is 23.3 Å². The molecular weight excluding hydrogens is 280 g/mol. The second kappa shape index (κ2) is 5.80. The summed E-state index contributed by atoms with van der Waals surface area (Å²) in [5, 5.41) is 3.42. The van der Waals surface area contributed by atoms with E-state index in [0.29, 0.717) is 17.1 Å². The second-order valence-electron chi connectivity index (χ2n) is 6.41. The number of nitrogens with one attached hydrogen (secondary N) is 1. The van der Waals surface area contributed by atoms with Gasteiger partial charge in [-0.3, -0.25) is 4.79 Å². The van der Waals surface area contributed by atoms with Crippen LogP contribution < -0.4 is 14.8 Å². The number of nitrogens with zero attached hydrogens (tertiary/aromatic N) is 1. The molecule has 1 aromatic carbocycles. The van der Waals surface area contributed by atoms with Gasteiger partial charge in [0.1, 0.15) is 11.5 Å². The number of hydrogen-bond donors (Lipinski definition) is 1. The van der Waals surface area contributed by atoms with Crippen LogP contribution in [-0.2, 0) is 0 Å². The first-order valence-electron chi connectivity index (χ1n) is 7.81. The Morgan fingerprint density at radius 3 is 2.45 bits per heavy atom. The third-order valence-corrected chi connectivity index (χ3v) is 5.06. The Balaban J connectivity index is 1.83. The van der Waals surface area contributed by atoms with Gasteiger partial charge in [0.05, 0.1) is 14.2 Å². The molecule has 1 atom stereocenters. The molecule has 2 aliphatic rings. The Bertz CT molecular complexity index is 554. The zero-order valence-electron chi connectivity index (χ0n) is 13.6. The van der Waals surface area contributed by atoms with Crippen LogP contribution in [-0.4, -0.2) is 51.2 Å².